The predicted octanol–water partition coefficient (Wildman–Crippen LogP) is 3.89. The predicted molar refractivity (Wildman–Crippen MR) is 82.7 cm³/mol. The zero-order chi connectivity index (χ0) is 14.5. The fourth-order valence-corrected chi connectivity index (χ4v) is 2.47. The van der Waals surface area contributed by atoms with Crippen LogP contribution in [0.4, 0.5) is 4.79 Å². The average Bonchev–Trinajstić information content (AvgIpc) is 2.96. The maximum Gasteiger partial charge on any atom is 0.410 e. The van der Waals surface area contributed by atoms with E-state index >= 15 is 0 Å². The summed E-state index contributed by atoms with van der Waals surface area (Å²) < 4.78 is 5.07. The topological polar surface area (TPSA) is 29.5 Å². The van der Waals surface area contributed by atoms with Crippen LogP contribution in [0.2, 0.25) is 0 Å². The highest BCUT2D eigenvalue weighted by atomic mass is 16.6. The Morgan fingerprint density at radius 2 is 1.67 bits per heavy atom. The molecule has 0 aromatic heterocycles. The first-order chi connectivity index (χ1) is 10.3. The molecule has 3 nitrogen and oxygen atoms in total. The zero-order valence-corrected chi connectivity index (χ0v) is 11.7. The molecule has 1 unspecified atom stereocenters. The van der Waals surface area contributed by atoms with E-state index < -0.39 is 0 Å². The van der Waals surface area contributed by atoms with E-state index in [2.05, 4.69) is 6.08 Å². The summed E-state index contributed by atoms with van der Waals surface area (Å²) in [4.78, 5) is 13.6. The standard InChI is InChI=1S/C18H17NO2/c20-18-19(13-14-21-18)17(16-9-5-2-6-10-16)12-11-15-7-3-1-4-8-15/h1-12,17H,13-14H2/b12-11+. The van der Waals surface area contributed by atoms with E-state index in [9.17, 15) is 4.79 Å². The molecule has 106 valence electrons. The summed E-state index contributed by atoms with van der Waals surface area (Å²) in [7, 11) is 0. The minimum Gasteiger partial charge on any atom is -0.448 e. The third-order valence-electron chi connectivity index (χ3n) is 3.54. The highest BCUT2D eigenvalue weighted by Gasteiger charge is 2.28. The summed E-state index contributed by atoms with van der Waals surface area (Å²) in [6.07, 6.45) is 3.85. The Kier molecular flexibility index (Phi) is 4.01. The maximum absolute atomic E-state index is 11.9. The molecule has 0 radical (unpaired) electrons. The van der Waals surface area contributed by atoms with Crippen LogP contribution in [0, 0.1) is 0 Å². The highest BCUT2D eigenvalue weighted by molar-refractivity contribution is 5.71. The molecular weight excluding hydrogens is 262 g/mol. The summed E-state index contributed by atoms with van der Waals surface area (Å²) in [5.74, 6) is 0. The van der Waals surface area contributed by atoms with Crippen LogP contribution in [-0.2, 0) is 4.74 Å². The van der Waals surface area contributed by atoms with Crippen molar-refractivity contribution in [1.29, 1.82) is 0 Å². The summed E-state index contributed by atoms with van der Waals surface area (Å²) in [5.41, 5.74) is 2.20. The average molecular weight is 279 g/mol. The molecule has 2 aromatic rings. The molecule has 0 spiro atoms. The number of cyclic esters (lactones) is 1. The second-order valence-corrected chi connectivity index (χ2v) is 4.93. The van der Waals surface area contributed by atoms with Gasteiger partial charge in [-0.2, -0.15) is 0 Å². The largest absolute Gasteiger partial charge is 0.448 e. The van der Waals surface area contributed by atoms with Crippen LogP contribution in [0.15, 0.2) is 66.7 Å². The molecule has 1 fully saturated rings. The maximum atomic E-state index is 11.9. The summed E-state index contributed by atoms with van der Waals surface area (Å²) >= 11 is 0. The van der Waals surface area contributed by atoms with Crippen molar-refractivity contribution in [2.75, 3.05) is 13.2 Å². The Morgan fingerprint density at radius 3 is 2.29 bits per heavy atom. The van der Waals surface area contributed by atoms with Crippen molar-refractivity contribution in [2.45, 2.75) is 6.04 Å². The van der Waals surface area contributed by atoms with Crippen molar-refractivity contribution < 1.29 is 9.53 Å². The summed E-state index contributed by atoms with van der Waals surface area (Å²) in [5, 5.41) is 0. The smallest absolute Gasteiger partial charge is 0.410 e. The molecule has 2 aromatic carbocycles. The molecule has 1 aliphatic rings. The van der Waals surface area contributed by atoms with Crippen molar-refractivity contribution >= 4 is 12.2 Å². The van der Waals surface area contributed by atoms with Crippen LogP contribution >= 0.6 is 0 Å². The van der Waals surface area contributed by atoms with Crippen LogP contribution in [0.25, 0.3) is 6.08 Å². The number of ether oxygens (including phenoxy) is 1. The second-order valence-electron chi connectivity index (χ2n) is 4.93. The lowest BCUT2D eigenvalue weighted by molar-refractivity contribution is 0.153. The van der Waals surface area contributed by atoms with Gasteiger partial charge >= 0.3 is 6.09 Å². The van der Waals surface area contributed by atoms with Crippen molar-refractivity contribution in [3.8, 4) is 0 Å². The van der Waals surface area contributed by atoms with Gasteiger partial charge in [-0.15, -0.1) is 0 Å². The van der Waals surface area contributed by atoms with Gasteiger partial charge in [-0.3, -0.25) is 4.90 Å². The summed E-state index contributed by atoms with van der Waals surface area (Å²) in [6, 6.07) is 20.0. The van der Waals surface area contributed by atoms with Gasteiger partial charge in [0.1, 0.15) is 6.61 Å². The Bertz CT molecular complexity index is 622. The molecule has 0 saturated carbocycles. The number of carbonyl (C=O) groups excluding carboxylic acids is 1. The number of nitrogens with zero attached hydrogens (tertiary/aromatic N) is 1. The van der Waals surface area contributed by atoms with E-state index in [0.717, 1.165) is 11.1 Å². The monoisotopic (exact) mass is 279 g/mol. The molecule has 0 bridgehead atoms. The molecule has 0 N–H and O–H groups in total. The Balaban J connectivity index is 1.89. The van der Waals surface area contributed by atoms with Crippen molar-refractivity contribution in [3.63, 3.8) is 0 Å². The SMILES string of the molecule is O=C1OCCN1C(/C=C/c1ccccc1)c1ccccc1. The van der Waals surface area contributed by atoms with Crippen LogP contribution in [0.5, 0.6) is 0 Å². The van der Waals surface area contributed by atoms with Gasteiger partial charge in [-0.1, -0.05) is 72.8 Å². The lowest BCUT2D eigenvalue weighted by atomic mass is 10.0. The molecule has 1 saturated heterocycles. The molecule has 1 atom stereocenters. The number of hydrogen-bond donors (Lipinski definition) is 0. The van der Waals surface area contributed by atoms with Crippen LogP contribution in [0.1, 0.15) is 17.2 Å². The molecule has 1 amide bonds. The zero-order valence-electron chi connectivity index (χ0n) is 11.7. The second kappa shape index (κ2) is 6.27. The first-order valence-electron chi connectivity index (χ1n) is 7.06. The number of carbonyl (C=O) groups is 1. The first kappa shape index (κ1) is 13.4. The van der Waals surface area contributed by atoms with E-state index in [1.54, 1.807) is 4.90 Å². The van der Waals surface area contributed by atoms with Gasteiger partial charge in [0, 0.05) is 0 Å². The van der Waals surface area contributed by atoms with E-state index in [0.29, 0.717) is 13.2 Å². The highest BCUT2D eigenvalue weighted by Crippen LogP contribution is 2.26. The van der Waals surface area contributed by atoms with Crippen molar-refractivity contribution in [1.82, 2.24) is 4.90 Å². The lowest BCUT2D eigenvalue weighted by Crippen LogP contribution is -2.28. The minimum absolute atomic E-state index is 0.0959. The Hall–Kier alpha value is -2.55. The fraction of sp³-hybridized carbons (Fsp3) is 0.167. The van der Waals surface area contributed by atoms with Crippen LogP contribution < -0.4 is 0 Å². The van der Waals surface area contributed by atoms with E-state index in [-0.39, 0.29) is 12.1 Å². The van der Waals surface area contributed by atoms with Gasteiger partial charge in [-0.25, -0.2) is 4.79 Å². The number of amides is 1. The number of benzene rings is 2. The molecule has 21 heavy (non-hydrogen) atoms. The molecular formula is C18H17NO2. The minimum atomic E-state index is -0.249. The van der Waals surface area contributed by atoms with E-state index in [1.165, 1.54) is 0 Å². The molecule has 1 heterocycles. The third kappa shape index (κ3) is 3.14. The van der Waals surface area contributed by atoms with Gasteiger partial charge in [0.2, 0.25) is 0 Å². The van der Waals surface area contributed by atoms with Crippen LogP contribution in [-0.4, -0.2) is 24.1 Å². The van der Waals surface area contributed by atoms with Gasteiger partial charge in [0.05, 0.1) is 12.6 Å². The Labute approximate surface area is 124 Å². The van der Waals surface area contributed by atoms with Gasteiger partial charge in [0.25, 0.3) is 0 Å². The number of rotatable bonds is 4. The normalized spacial score (nSPS) is 16.2. The first-order valence-corrected chi connectivity index (χ1v) is 7.06. The van der Waals surface area contributed by atoms with Gasteiger partial charge in [-0.05, 0) is 11.1 Å². The quantitative estimate of drug-likeness (QED) is 0.849. The molecule has 0 aliphatic carbocycles. The number of hydrogen-bond acceptors (Lipinski definition) is 2. The molecule has 3 heteroatoms. The summed E-state index contributed by atoms with van der Waals surface area (Å²) in [6.45, 7) is 1.08. The van der Waals surface area contributed by atoms with E-state index in [1.807, 2.05) is 66.7 Å². The van der Waals surface area contributed by atoms with E-state index in [4.69, 9.17) is 4.74 Å². The fourth-order valence-electron chi connectivity index (χ4n) is 2.47. The molecule has 1 aliphatic heterocycles. The van der Waals surface area contributed by atoms with Gasteiger partial charge < -0.3 is 4.74 Å². The van der Waals surface area contributed by atoms with Crippen molar-refractivity contribution in [3.05, 3.63) is 77.9 Å². The Morgan fingerprint density at radius 1 is 1.00 bits per heavy atom. The van der Waals surface area contributed by atoms with Crippen molar-refractivity contribution in [2.24, 2.45) is 0 Å². The lowest BCUT2D eigenvalue weighted by Gasteiger charge is -2.23. The third-order valence-corrected chi connectivity index (χ3v) is 3.54. The van der Waals surface area contributed by atoms with Crippen LogP contribution in [0.3, 0.4) is 0 Å². The van der Waals surface area contributed by atoms with Gasteiger partial charge in [0.15, 0.2) is 0 Å². The molecule has 3 rings (SSSR count).